The van der Waals surface area contributed by atoms with Gasteiger partial charge in [-0.15, -0.1) is 0 Å². The van der Waals surface area contributed by atoms with Crippen LogP contribution in [-0.2, 0) is 11.3 Å². The standard InChI is InChI=1S/C32H37F3N5O3/c33-24-6-7-27(34)26(14-24)29-20-39(17-21-4-2-1-3-5-21)31(37-29)30(22-9-12-43-13-10-22)40(18-23-15-36-16-28(23)35)32(42)38-11-8-25(41)19-38/h1-8,14,20,22-23,25,28,30,36,41H,9-13,15-19H2/t23-,25?,28-,30+/m0/s1. The van der Waals surface area contributed by atoms with Crippen LogP contribution in [0, 0.1) is 29.9 Å². The van der Waals surface area contributed by atoms with Crippen LogP contribution in [-0.4, -0.2) is 88.7 Å². The van der Waals surface area contributed by atoms with E-state index in [0.29, 0.717) is 45.0 Å². The van der Waals surface area contributed by atoms with E-state index in [1.54, 1.807) is 22.4 Å². The molecule has 1 unspecified atom stereocenters. The minimum Gasteiger partial charge on any atom is -0.391 e. The van der Waals surface area contributed by atoms with Gasteiger partial charge in [-0.1, -0.05) is 30.3 Å². The number of benzene rings is 2. The summed E-state index contributed by atoms with van der Waals surface area (Å²) >= 11 is 0. The Kier molecular flexibility index (Phi) is 9.01. The van der Waals surface area contributed by atoms with Gasteiger partial charge in [0.1, 0.15) is 23.6 Å². The molecule has 2 amide bonds. The van der Waals surface area contributed by atoms with Crippen molar-refractivity contribution >= 4 is 6.03 Å². The number of hydrogen-bond acceptors (Lipinski definition) is 5. The molecular formula is C32H37F3N5O3. The Bertz CT molecular complexity index is 1400. The van der Waals surface area contributed by atoms with Crippen molar-refractivity contribution in [3.05, 3.63) is 84.2 Å². The molecule has 8 nitrogen and oxygen atoms in total. The molecule has 3 aromatic rings. The molecule has 0 spiro atoms. The summed E-state index contributed by atoms with van der Waals surface area (Å²) in [5.74, 6) is -1.18. The van der Waals surface area contributed by atoms with Crippen molar-refractivity contribution < 1.29 is 27.8 Å². The number of imidazole rings is 1. The monoisotopic (exact) mass is 596 g/mol. The highest BCUT2D eigenvalue weighted by atomic mass is 19.1. The molecule has 11 heteroatoms. The lowest BCUT2D eigenvalue weighted by Crippen LogP contribution is -2.50. The normalized spacial score (nSPS) is 23.5. The van der Waals surface area contributed by atoms with E-state index in [0.717, 1.165) is 23.8 Å². The fourth-order valence-electron chi connectivity index (χ4n) is 6.44. The summed E-state index contributed by atoms with van der Waals surface area (Å²) in [5.41, 5.74) is 1.25. The number of likely N-dealkylation sites (tertiary alicyclic amines) is 1. The maximum absolute atomic E-state index is 15.1. The van der Waals surface area contributed by atoms with Crippen LogP contribution < -0.4 is 5.32 Å². The third-order valence-electron chi connectivity index (χ3n) is 8.73. The van der Waals surface area contributed by atoms with Crippen LogP contribution in [0.25, 0.3) is 11.3 Å². The zero-order valence-corrected chi connectivity index (χ0v) is 23.9. The summed E-state index contributed by atoms with van der Waals surface area (Å²) in [4.78, 5) is 22.5. The molecule has 3 aliphatic heterocycles. The van der Waals surface area contributed by atoms with Gasteiger partial charge in [-0.2, -0.15) is 0 Å². The Hall–Kier alpha value is -3.41. The second-order valence-corrected chi connectivity index (χ2v) is 11.7. The molecule has 2 aromatic carbocycles. The van der Waals surface area contributed by atoms with Gasteiger partial charge in [0.15, 0.2) is 0 Å². The van der Waals surface area contributed by atoms with Gasteiger partial charge in [0.05, 0.1) is 17.8 Å². The number of halogens is 3. The number of ether oxygens (including phenoxy) is 1. The Morgan fingerprint density at radius 1 is 1.14 bits per heavy atom. The largest absolute Gasteiger partial charge is 0.391 e. The number of nitrogens with zero attached hydrogens (tertiary/aromatic N) is 4. The van der Waals surface area contributed by atoms with Gasteiger partial charge in [0.25, 0.3) is 0 Å². The number of urea groups is 1. The Balaban J connectivity index is 1.48. The first-order chi connectivity index (χ1) is 20.9. The van der Waals surface area contributed by atoms with Gasteiger partial charge >= 0.3 is 6.03 Å². The second-order valence-electron chi connectivity index (χ2n) is 11.7. The molecule has 4 atom stereocenters. The molecule has 6 rings (SSSR count). The molecule has 1 radical (unpaired) electrons. The molecule has 2 N–H and O–H groups in total. The Morgan fingerprint density at radius 2 is 1.93 bits per heavy atom. The quantitative estimate of drug-likeness (QED) is 0.408. The van der Waals surface area contributed by atoms with Gasteiger partial charge in [-0.05, 0) is 42.5 Å². The number of nitrogens with one attached hydrogen (secondary N) is 1. The summed E-state index contributed by atoms with van der Waals surface area (Å²) in [7, 11) is 0. The van der Waals surface area contributed by atoms with Gasteiger partial charge < -0.3 is 29.5 Å². The number of aliphatic hydroxyl groups excluding tert-OH is 1. The van der Waals surface area contributed by atoms with Crippen molar-refractivity contribution in [2.75, 3.05) is 45.9 Å². The van der Waals surface area contributed by atoms with Crippen molar-refractivity contribution in [1.82, 2.24) is 24.7 Å². The topological polar surface area (TPSA) is 82.9 Å². The maximum atomic E-state index is 15.1. The number of alkyl halides is 1. The molecule has 0 bridgehead atoms. The van der Waals surface area contributed by atoms with E-state index in [1.807, 2.05) is 34.9 Å². The number of aliphatic hydroxyl groups is 1. The van der Waals surface area contributed by atoms with Crippen LogP contribution >= 0.6 is 0 Å². The van der Waals surface area contributed by atoms with E-state index in [9.17, 15) is 14.3 Å². The number of aromatic nitrogens is 2. The highest BCUT2D eigenvalue weighted by molar-refractivity contribution is 5.76. The molecular weight excluding hydrogens is 559 g/mol. The van der Waals surface area contributed by atoms with E-state index >= 15 is 8.78 Å². The first kappa shape index (κ1) is 29.7. The molecule has 4 heterocycles. The highest BCUT2D eigenvalue weighted by Gasteiger charge is 2.42. The first-order valence-corrected chi connectivity index (χ1v) is 14.9. The van der Waals surface area contributed by atoms with E-state index in [2.05, 4.69) is 5.32 Å². The molecule has 229 valence electrons. The van der Waals surface area contributed by atoms with Gasteiger partial charge in [0.2, 0.25) is 0 Å². The average molecular weight is 597 g/mol. The lowest BCUT2D eigenvalue weighted by atomic mass is 9.89. The average Bonchev–Trinajstić information content (AvgIpc) is 3.75. The fourth-order valence-corrected chi connectivity index (χ4v) is 6.44. The SMILES string of the molecule is O=C(N1C[CH]C(O)C1)N(C[C@@H]1CNC[C@@H]1F)[C@@H](c1nc(-c2cc(F)ccc2F)cn1Cc1ccccc1)C1CCOCC1. The summed E-state index contributed by atoms with van der Waals surface area (Å²) in [5, 5.41) is 13.3. The fraction of sp³-hybridized carbons (Fsp3) is 0.469. The van der Waals surface area contributed by atoms with E-state index < -0.39 is 35.9 Å². The van der Waals surface area contributed by atoms with Crippen molar-refractivity contribution in [2.24, 2.45) is 11.8 Å². The molecule has 43 heavy (non-hydrogen) atoms. The maximum Gasteiger partial charge on any atom is 0.320 e. The van der Waals surface area contributed by atoms with E-state index in [1.165, 1.54) is 0 Å². The zero-order valence-electron chi connectivity index (χ0n) is 23.9. The molecule has 0 saturated carbocycles. The van der Waals surface area contributed by atoms with E-state index in [-0.39, 0.29) is 49.4 Å². The van der Waals surface area contributed by atoms with Crippen LogP contribution in [0.1, 0.15) is 30.3 Å². The predicted molar refractivity (Wildman–Crippen MR) is 155 cm³/mol. The van der Waals surface area contributed by atoms with Gasteiger partial charge in [-0.3, -0.25) is 0 Å². The minimum atomic E-state index is -1.12. The van der Waals surface area contributed by atoms with Crippen molar-refractivity contribution in [2.45, 2.75) is 37.7 Å². The lowest BCUT2D eigenvalue weighted by Gasteiger charge is -2.41. The van der Waals surface area contributed by atoms with Crippen LogP contribution in [0.15, 0.2) is 54.7 Å². The van der Waals surface area contributed by atoms with Crippen molar-refractivity contribution in [3.63, 3.8) is 0 Å². The molecule has 3 saturated heterocycles. The van der Waals surface area contributed by atoms with Crippen LogP contribution in [0.2, 0.25) is 0 Å². The number of rotatable bonds is 8. The van der Waals surface area contributed by atoms with Gasteiger partial charge in [-0.25, -0.2) is 22.9 Å². The number of carbonyl (C=O) groups is 1. The third kappa shape index (κ3) is 6.58. The lowest BCUT2D eigenvalue weighted by molar-refractivity contribution is 0.0208. The Labute approximate surface area is 249 Å². The first-order valence-electron chi connectivity index (χ1n) is 14.9. The van der Waals surface area contributed by atoms with Crippen molar-refractivity contribution in [3.8, 4) is 11.3 Å². The molecule has 3 fully saturated rings. The highest BCUT2D eigenvalue weighted by Crippen LogP contribution is 2.39. The Morgan fingerprint density at radius 3 is 2.63 bits per heavy atom. The molecule has 0 aliphatic carbocycles. The van der Waals surface area contributed by atoms with Crippen LogP contribution in [0.4, 0.5) is 18.0 Å². The summed E-state index contributed by atoms with van der Waals surface area (Å²) in [6, 6.07) is 12.1. The summed E-state index contributed by atoms with van der Waals surface area (Å²) in [6.45, 7) is 2.60. The molecule has 1 aromatic heterocycles. The van der Waals surface area contributed by atoms with E-state index in [4.69, 9.17) is 9.72 Å². The number of β-amino-alcohol motifs (C(OH)–C–C–N with tert-alkyl or cyclic N) is 1. The van der Waals surface area contributed by atoms with Crippen LogP contribution in [0.3, 0.4) is 0 Å². The number of amides is 2. The zero-order chi connectivity index (χ0) is 29.9. The third-order valence-corrected chi connectivity index (χ3v) is 8.73. The predicted octanol–water partition coefficient (Wildman–Crippen LogP) is 4.20. The molecule has 3 aliphatic rings. The second kappa shape index (κ2) is 13.1. The smallest absolute Gasteiger partial charge is 0.320 e. The summed E-state index contributed by atoms with van der Waals surface area (Å²) < 4.78 is 52.0. The van der Waals surface area contributed by atoms with Crippen LogP contribution in [0.5, 0.6) is 0 Å². The number of hydrogen-bond donors (Lipinski definition) is 2. The number of carbonyl (C=O) groups excluding carboxylic acids is 1. The minimum absolute atomic E-state index is 0.0257. The summed E-state index contributed by atoms with van der Waals surface area (Å²) in [6.07, 6.45) is 2.81. The van der Waals surface area contributed by atoms with Crippen molar-refractivity contribution in [1.29, 1.82) is 0 Å². The van der Waals surface area contributed by atoms with Gasteiger partial charge in [0, 0.05) is 76.6 Å².